The highest BCUT2D eigenvalue weighted by molar-refractivity contribution is 7.90. The van der Waals surface area contributed by atoms with Crippen LogP contribution in [-0.4, -0.2) is 27.4 Å². The van der Waals surface area contributed by atoms with Crippen LogP contribution in [0, 0.1) is 5.92 Å². The van der Waals surface area contributed by atoms with Crippen LogP contribution in [0.4, 0.5) is 0 Å². The van der Waals surface area contributed by atoms with E-state index < -0.39 is 27.8 Å². The fourth-order valence-corrected chi connectivity index (χ4v) is 2.38. The number of nitrogens with one attached hydrogen (secondary N) is 1. The molecule has 0 radical (unpaired) electrons. The molecule has 1 amide bonds. The number of ether oxygens (including phenoxy) is 1. The van der Waals surface area contributed by atoms with Crippen molar-refractivity contribution in [1.29, 1.82) is 0 Å². The molecule has 0 saturated heterocycles. The van der Waals surface area contributed by atoms with E-state index >= 15 is 0 Å². The highest BCUT2D eigenvalue weighted by Gasteiger charge is 2.20. The summed E-state index contributed by atoms with van der Waals surface area (Å²) >= 11 is 0. The van der Waals surface area contributed by atoms with E-state index in [0.717, 1.165) is 6.07 Å². The molecule has 0 atom stereocenters. The first-order chi connectivity index (χ1) is 8.77. The molecule has 0 heterocycles. The summed E-state index contributed by atoms with van der Waals surface area (Å²) in [5, 5.41) is 0. The van der Waals surface area contributed by atoms with Gasteiger partial charge in [-0.3, -0.25) is 4.79 Å². The van der Waals surface area contributed by atoms with Gasteiger partial charge in [0.05, 0.1) is 17.6 Å². The van der Waals surface area contributed by atoms with Gasteiger partial charge in [0.15, 0.2) is 0 Å². The lowest BCUT2D eigenvalue weighted by Gasteiger charge is -2.09. The van der Waals surface area contributed by atoms with Crippen molar-refractivity contribution >= 4 is 21.9 Å². The molecule has 0 saturated carbocycles. The number of amides is 1. The Labute approximate surface area is 111 Å². The number of carbonyl (C=O) groups is 2. The smallest absolute Gasteiger partial charge is 0.337 e. The van der Waals surface area contributed by atoms with Gasteiger partial charge in [0, 0.05) is 5.92 Å². The zero-order valence-electron chi connectivity index (χ0n) is 10.8. The van der Waals surface area contributed by atoms with Gasteiger partial charge in [-0.1, -0.05) is 19.9 Å². The van der Waals surface area contributed by atoms with Crippen molar-refractivity contribution in [2.24, 2.45) is 5.92 Å². The van der Waals surface area contributed by atoms with Crippen molar-refractivity contribution in [3.05, 3.63) is 29.8 Å². The van der Waals surface area contributed by atoms with Crippen molar-refractivity contribution in [3.8, 4) is 0 Å². The lowest BCUT2D eigenvalue weighted by Crippen LogP contribution is -2.33. The Morgan fingerprint density at radius 2 is 1.89 bits per heavy atom. The minimum atomic E-state index is -3.98. The number of hydrogen-bond acceptors (Lipinski definition) is 5. The number of sulfonamides is 1. The summed E-state index contributed by atoms with van der Waals surface area (Å²) in [6.07, 6.45) is 0. The Hall–Kier alpha value is -1.89. The Balaban J connectivity index is 3.09. The second-order valence-corrected chi connectivity index (χ2v) is 5.83. The van der Waals surface area contributed by atoms with E-state index in [4.69, 9.17) is 0 Å². The SMILES string of the molecule is COC(=O)c1cccc(S(=O)(=O)NC(=O)C(C)C)c1. The Morgan fingerprint density at radius 1 is 1.26 bits per heavy atom. The van der Waals surface area contributed by atoms with E-state index in [1.165, 1.54) is 25.3 Å². The zero-order chi connectivity index (χ0) is 14.6. The number of rotatable bonds is 4. The van der Waals surface area contributed by atoms with Gasteiger partial charge in [-0.15, -0.1) is 0 Å². The predicted octanol–water partition coefficient (Wildman–Crippen LogP) is 0.934. The number of benzene rings is 1. The first-order valence-electron chi connectivity index (χ1n) is 5.53. The summed E-state index contributed by atoms with van der Waals surface area (Å²) in [5.74, 6) is -1.71. The largest absolute Gasteiger partial charge is 0.465 e. The van der Waals surface area contributed by atoms with Crippen LogP contribution in [0.2, 0.25) is 0 Å². The minimum Gasteiger partial charge on any atom is -0.465 e. The number of hydrogen-bond donors (Lipinski definition) is 1. The van der Waals surface area contributed by atoms with Crippen molar-refractivity contribution in [2.45, 2.75) is 18.7 Å². The summed E-state index contributed by atoms with van der Waals surface area (Å²) in [6, 6.07) is 5.28. The fraction of sp³-hybridized carbons (Fsp3) is 0.333. The second-order valence-electron chi connectivity index (χ2n) is 4.14. The van der Waals surface area contributed by atoms with Gasteiger partial charge in [-0.05, 0) is 18.2 Å². The third kappa shape index (κ3) is 3.78. The molecular formula is C12H15NO5S. The lowest BCUT2D eigenvalue weighted by molar-refractivity contribution is -0.122. The van der Waals surface area contributed by atoms with Crippen LogP contribution < -0.4 is 4.72 Å². The summed E-state index contributed by atoms with van der Waals surface area (Å²) < 4.78 is 30.3. The maximum atomic E-state index is 11.9. The van der Waals surface area contributed by atoms with E-state index in [1.807, 2.05) is 4.72 Å². The molecule has 0 aliphatic carbocycles. The average Bonchev–Trinajstić information content (AvgIpc) is 2.37. The summed E-state index contributed by atoms with van der Waals surface area (Å²) in [6.45, 7) is 3.16. The molecule has 7 heteroatoms. The van der Waals surface area contributed by atoms with Crippen LogP contribution in [0.3, 0.4) is 0 Å². The molecule has 6 nitrogen and oxygen atoms in total. The van der Waals surface area contributed by atoms with Gasteiger partial charge in [0.1, 0.15) is 0 Å². The summed E-state index contributed by atoms with van der Waals surface area (Å²) in [7, 11) is -2.78. The van der Waals surface area contributed by atoms with Gasteiger partial charge >= 0.3 is 5.97 Å². The van der Waals surface area contributed by atoms with Crippen LogP contribution in [0.1, 0.15) is 24.2 Å². The molecule has 0 spiro atoms. The maximum absolute atomic E-state index is 11.9. The molecule has 0 bridgehead atoms. The molecule has 0 aliphatic heterocycles. The predicted molar refractivity (Wildman–Crippen MR) is 67.9 cm³/mol. The first kappa shape index (κ1) is 15.2. The van der Waals surface area contributed by atoms with Gasteiger partial charge in [-0.2, -0.15) is 0 Å². The normalized spacial score (nSPS) is 11.2. The average molecular weight is 285 g/mol. The molecular weight excluding hydrogens is 270 g/mol. The highest BCUT2D eigenvalue weighted by atomic mass is 32.2. The Morgan fingerprint density at radius 3 is 2.42 bits per heavy atom. The summed E-state index contributed by atoms with van der Waals surface area (Å²) in [4.78, 5) is 22.6. The van der Waals surface area contributed by atoms with E-state index in [0.29, 0.717) is 0 Å². The molecule has 104 valence electrons. The van der Waals surface area contributed by atoms with Crippen molar-refractivity contribution in [3.63, 3.8) is 0 Å². The molecule has 0 fully saturated rings. The van der Waals surface area contributed by atoms with Crippen molar-refractivity contribution in [2.75, 3.05) is 7.11 Å². The maximum Gasteiger partial charge on any atom is 0.337 e. The fourth-order valence-electron chi connectivity index (χ4n) is 1.22. The molecule has 0 aliphatic rings. The van der Waals surface area contributed by atoms with Crippen LogP contribution >= 0.6 is 0 Å². The van der Waals surface area contributed by atoms with Crippen LogP contribution in [0.25, 0.3) is 0 Å². The highest BCUT2D eigenvalue weighted by Crippen LogP contribution is 2.12. The van der Waals surface area contributed by atoms with E-state index in [9.17, 15) is 18.0 Å². The molecule has 19 heavy (non-hydrogen) atoms. The number of methoxy groups -OCH3 is 1. The monoisotopic (exact) mass is 285 g/mol. The quantitative estimate of drug-likeness (QED) is 0.831. The van der Waals surface area contributed by atoms with Crippen LogP contribution in [-0.2, 0) is 19.6 Å². The molecule has 1 rings (SSSR count). The molecule has 0 unspecified atom stereocenters. The van der Waals surface area contributed by atoms with Crippen molar-refractivity contribution < 1.29 is 22.7 Å². The lowest BCUT2D eigenvalue weighted by atomic mass is 10.2. The van der Waals surface area contributed by atoms with Crippen LogP contribution in [0.5, 0.6) is 0 Å². The van der Waals surface area contributed by atoms with E-state index in [2.05, 4.69) is 4.74 Å². The third-order valence-corrected chi connectivity index (χ3v) is 3.67. The van der Waals surface area contributed by atoms with Crippen molar-refractivity contribution in [1.82, 2.24) is 4.72 Å². The molecule has 1 aromatic rings. The standard InChI is InChI=1S/C12H15NO5S/c1-8(2)11(14)13-19(16,17)10-6-4-5-9(7-10)12(15)18-3/h4-8H,1-3H3,(H,13,14). The number of esters is 1. The minimum absolute atomic E-state index is 0.0994. The molecule has 1 N–H and O–H groups in total. The molecule has 0 aromatic heterocycles. The summed E-state index contributed by atoms with van der Waals surface area (Å²) in [5.41, 5.74) is 0.0994. The first-order valence-corrected chi connectivity index (χ1v) is 7.01. The van der Waals surface area contributed by atoms with E-state index in [1.54, 1.807) is 13.8 Å². The van der Waals surface area contributed by atoms with Gasteiger partial charge < -0.3 is 4.74 Å². The third-order valence-electron chi connectivity index (χ3n) is 2.32. The Bertz CT molecular complexity index is 592. The number of carbonyl (C=O) groups excluding carboxylic acids is 2. The Kier molecular flexibility index (Phi) is 4.66. The van der Waals surface area contributed by atoms with E-state index in [-0.39, 0.29) is 10.5 Å². The second kappa shape index (κ2) is 5.83. The van der Waals surface area contributed by atoms with Gasteiger partial charge in [-0.25, -0.2) is 17.9 Å². The van der Waals surface area contributed by atoms with Gasteiger partial charge in [0.2, 0.25) is 5.91 Å². The van der Waals surface area contributed by atoms with Crippen LogP contribution in [0.15, 0.2) is 29.2 Å². The topological polar surface area (TPSA) is 89.5 Å². The molecule has 1 aromatic carbocycles. The van der Waals surface area contributed by atoms with Gasteiger partial charge in [0.25, 0.3) is 10.0 Å². The zero-order valence-corrected chi connectivity index (χ0v) is 11.7.